The van der Waals surface area contributed by atoms with Gasteiger partial charge in [0.15, 0.2) is 6.10 Å². The summed E-state index contributed by atoms with van der Waals surface area (Å²) in [5.41, 5.74) is 1.13. The molecule has 0 fully saturated rings. The van der Waals surface area contributed by atoms with E-state index in [0.717, 1.165) is 5.56 Å². The highest BCUT2D eigenvalue weighted by Crippen LogP contribution is 2.33. The Bertz CT molecular complexity index is 385. The maximum absolute atomic E-state index is 10.8. The predicted molar refractivity (Wildman–Crippen MR) is 59.7 cm³/mol. The number of ether oxygens (including phenoxy) is 1. The number of carbonyl (C=O) groups is 1. The van der Waals surface area contributed by atoms with Crippen LogP contribution in [0.3, 0.4) is 0 Å². The van der Waals surface area contributed by atoms with Crippen LogP contribution in [0.2, 0.25) is 0 Å². The Hall–Kier alpha value is -1.55. The van der Waals surface area contributed by atoms with Gasteiger partial charge in [0, 0.05) is 5.56 Å². The molecule has 4 nitrogen and oxygen atoms in total. The van der Waals surface area contributed by atoms with Gasteiger partial charge in [0.25, 0.3) is 0 Å². The average Bonchev–Trinajstić information content (AvgIpc) is 2.26. The third-order valence-corrected chi connectivity index (χ3v) is 2.43. The maximum atomic E-state index is 10.8. The smallest absolute Gasteiger partial charge is 0.337 e. The standard InChI is InChI=1S/C12H16O4/c1-7(2)10-8(11(13)12(14)15)5-4-6-9(10)16-3/h4-7,11,13H,1-3H3,(H,14,15). The first-order valence-corrected chi connectivity index (χ1v) is 5.06. The van der Waals surface area contributed by atoms with E-state index < -0.39 is 12.1 Å². The number of methoxy groups -OCH3 is 1. The lowest BCUT2D eigenvalue weighted by Crippen LogP contribution is -2.14. The molecule has 0 aromatic heterocycles. The Morgan fingerprint density at radius 3 is 2.44 bits per heavy atom. The van der Waals surface area contributed by atoms with E-state index in [4.69, 9.17) is 9.84 Å². The molecule has 0 saturated carbocycles. The molecule has 4 heteroatoms. The van der Waals surface area contributed by atoms with E-state index in [-0.39, 0.29) is 5.92 Å². The first-order valence-electron chi connectivity index (χ1n) is 5.06. The van der Waals surface area contributed by atoms with E-state index in [1.165, 1.54) is 7.11 Å². The first-order chi connectivity index (χ1) is 7.49. The lowest BCUT2D eigenvalue weighted by atomic mass is 9.93. The monoisotopic (exact) mass is 224 g/mol. The number of rotatable bonds is 4. The molecule has 0 spiro atoms. The van der Waals surface area contributed by atoms with Gasteiger partial charge in [-0.3, -0.25) is 0 Å². The number of aliphatic hydroxyl groups is 1. The van der Waals surface area contributed by atoms with Crippen LogP contribution in [0.5, 0.6) is 5.75 Å². The normalized spacial score (nSPS) is 12.6. The molecule has 88 valence electrons. The van der Waals surface area contributed by atoms with Crippen LogP contribution < -0.4 is 4.74 Å². The van der Waals surface area contributed by atoms with Gasteiger partial charge in [-0.05, 0) is 17.5 Å². The fraction of sp³-hybridized carbons (Fsp3) is 0.417. The topological polar surface area (TPSA) is 66.8 Å². The van der Waals surface area contributed by atoms with Gasteiger partial charge in [0.05, 0.1) is 7.11 Å². The van der Waals surface area contributed by atoms with E-state index in [2.05, 4.69) is 0 Å². The van der Waals surface area contributed by atoms with Crippen molar-refractivity contribution in [1.29, 1.82) is 0 Å². The lowest BCUT2D eigenvalue weighted by molar-refractivity contribution is -0.147. The molecule has 0 bridgehead atoms. The van der Waals surface area contributed by atoms with Crippen LogP contribution in [0.1, 0.15) is 37.0 Å². The number of hydrogen-bond acceptors (Lipinski definition) is 3. The quantitative estimate of drug-likeness (QED) is 0.820. The van der Waals surface area contributed by atoms with Crippen molar-refractivity contribution in [3.8, 4) is 5.75 Å². The van der Waals surface area contributed by atoms with E-state index in [0.29, 0.717) is 11.3 Å². The molecule has 1 aromatic rings. The first kappa shape index (κ1) is 12.5. The van der Waals surface area contributed by atoms with Crippen LogP contribution in [0.25, 0.3) is 0 Å². The van der Waals surface area contributed by atoms with Crippen LogP contribution in [-0.2, 0) is 4.79 Å². The Morgan fingerprint density at radius 1 is 1.38 bits per heavy atom. The molecule has 0 heterocycles. The highest BCUT2D eigenvalue weighted by atomic mass is 16.5. The maximum Gasteiger partial charge on any atom is 0.337 e. The number of carboxylic acid groups (broad SMARTS) is 1. The third kappa shape index (κ3) is 2.33. The average molecular weight is 224 g/mol. The summed E-state index contributed by atoms with van der Waals surface area (Å²) in [7, 11) is 1.53. The minimum Gasteiger partial charge on any atom is -0.496 e. The van der Waals surface area contributed by atoms with E-state index in [1.807, 2.05) is 13.8 Å². The summed E-state index contributed by atoms with van der Waals surface area (Å²) < 4.78 is 5.17. The van der Waals surface area contributed by atoms with Crippen LogP contribution in [0.15, 0.2) is 18.2 Å². The molecule has 0 radical (unpaired) electrons. The van der Waals surface area contributed by atoms with Gasteiger partial charge in [-0.1, -0.05) is 26.0 Å². The lowest BCUT2D eigenvalue weighted by Gasteiger charge is -2.18. The molecule has 1 unspecified atom stereocenters. The van der Waals surface area contributed by atoms with Gasteiger partial charge < -0.3 is 14.9 Å². The largest absolute Gasteiger partial charge is 0.496 e. The molecule has 0 amide bonds. The second-order valence-electron chi connectivity index (χ2n) is 3.86. The molecule has 0 aliphatic carbocycles. The van der Waals surface area contributed by atoms with Crippen molar-refractivity contribution in [3.05, 3.63) is 29.3 Å². The summed E-state index contributed by atoms with van der Waals surface area (Å²) >= 11 is 0. The number of benzene rings is 1. The second kappa shape index (κ2) is 4.99. The van der Waals surface area contributed by atoms with Crippen molar-refractivity contribution >= 4 is 5.97 Å². The SMILES string of the molecule is COc1cccc(C(O)C(=O)O)c1C(C)C. The van der Waals surface area contributed by atoms with Crippen molar-refractivity contribution < 1.29 is 19.7 Å². The van der Waals surface area contributed by atoms with Crippen LogP contribution >= 0.6 is 0 Å². The predicted octanol–water partition coefficient (Wildman–Crippen LogP) is 1.94. The summed E-state index contributed by atoms with van der Waals surface area (Å²) in [6.07, 6.45) is -1.51. The van der Waals surface area contributed by atoms with E-state index in [9.17, 15) is 9.90 Å². The summed E-state index contributed by atoms with van der Waals surface area (Å²) in [6.45, 7) is 3.85. The fourth-order valence-corrected chi connectivity index (χ4v) is 1.73. The molecule has 0 aliphatic heterocycles. The van der Waals surface area contributed by atoms with Gasteiger partial charge in [0.2, 0.25) is 0 Å². The summed E-state index contributed by atoms with van der Waals surface area (Å²) in [4.78, 5) is 10.8. The van der Waals surface area contributed by atoms with Crippen molar-refractivity contribution in [2.75, 3.05) is 7.11 Å². The molecular weight excluding hydrogens is 208 g/mol. The minimum atomic E-state index is -1.51. The van der Waals surface area contributed by atoms with Crippen LogP contribution in [0, 0.1) is 0 Å². The fourth-order valence-electron chi connectivity index (χ4n) is 1.73. The molecule has 2 N–H and O–H groups in total. The highest BCUT2D eigenvalue weighted by molar-refractivity contribution is 5.75. The zero-order valence-corrected chi connectivity index (χ0v) is 9.60. The zero-order valence-electron chi connectivity index (χ0n) is 9.60. The molecule has 1 rings (SSSR count). The molecule has 1 atom stereocenters. The number of carboxylic acids is 1. The molecule has 1 aromatic carbocycles. The molecule has 0 aliphatic rings. The Morgan fingerprint density at radius 2 is 2.00 bits per heavy atom. The van der Waals surface area contributed by atoms with Gasteiger partial charge in [0.1, 0.15) is 5.75 Å². The highest BCUT2D eigenvalue weighted by Gasteiger charge is 2.23. The molecule has 0 saturated heterocycles. The van der Waals surface area contributed by atoms with Gasteiger partial charge >= 0.3 is 5.97 Å². The second-order valence-corrected chi connectivity index (χ2v) is 3.86. The summed E-state index contributed by atoms with van der Waals surface area (Å²) in [5, 5.41) is 18.4. The molecule has 16 heavy (non-hydrogen) atoms. The summed E-state index contributed by atoms with van der Waals surface area (Å²) in [6, 6.07) is 5.04. The van der Waals surface area contributed by atoms with Crippen LogP contribution in [-0.4, -0.2) is 23.3 Å². The zero-order chi connectivity index (χ0) is 12.3. The van der Waals surface area contributed by atoms with Gasteiger partial charge in [-0.25, -0.2) is 4.79 Å². The Balaban J connectivity index is 3.32. The third-order valence-electron chi connectivity index (χ3n) is 2.43. The van der Waals surface area contributed by atoms with Gasteiger partial charge in [-0.2, -0.15) is 0 Å². The Labute approximate surface area is 94.5 Å². The van der Waals surface area contributed by atoms with E-state index in [1.54, 1.807) is 18.2 Å². The Kier molecular flexibility index (Phi) is 3.90. The number of aliphatic carboxylic acids is 1. The minimum absolute atomic E-state index is 0.0835. The van der Waals surface area contributed by atoms with Crippen LogP contribution in [0.4, 0.5) is 0 Å². The van der Waals surface area contributed by atoms with Crippen molar-refractivity contribution in [2.45, 2.75) is 25.9 Å². The van der Waals surface area contributed by atoms with Gasteiger partial charge in [-0.15, -0.1) is 0 Å². The summed E-state index contributed by atoms with van der Waals surface area (Å²) in [5.74, 6) is -0.567. The van der Waals surface area contributed by atoms with E-state index >= 15 is 0 Å². The number of hydrogen-bond donors (Lipinski definition) is 2. The van der Waals surface area contributed by atoms with Crippen molar-refractivity contribution in [3.63, 3.8) is 0 Å². The van der Waals surface area contributed by atoms with Crippen molar-refractivity contribution in [1.82, 2.24) is 0 Å². The number of aliphatic hydroxyl groups excluding tert-OH is 1. The molecular formula is C12H16O4. The van der Waals surface area contributed by atoms with Crippen molar-refractivity contribution in [2.24, 2.45) is 0 Å².